The summed E-state index contributed by atoms with van der Waals surface area (Å²) < 4.78 is 4.74. The van der Waals surface area contributed by atoms with Crippen molar-refractivity contribution in [2.45, 2.75) is 6.42 Å². The molecule has 11 heavy (non-hydrogen) atoms. The monoisotopic (exact) mass is 172 g/mol. The first-order valence-electron chi connectivity index (χ1n) is 3.14. The fourth-order valence-electron chi connectivity index (χ4n) is 0.557. The highest BCUT2D eigenvalue weighted by molar-refractivity contribution is 7.80. The van der Waals surface area contributed by atoms with Crippen molar-refractivity contribution < 1.29 is 9.53 Å². The third kappa shape index (κ3) is 2.63. The van der Waals surface area contributed by atoms with E-state index in [0.29, 0.717) is 12.2 Å². The molecular weight excluding hydrogens is 164 g/mol. The number of H-pyrrole nitrogens is 1. The fourth-order valence-corrected chi connectivity index (χ4v) is 0.739. The van der Waals surface area contributed by atoms with Gasteiger partial charge in [-0.25, -0.2) is 4.98 Å². The number of nitrogens with one attached hydrogen (secondary N) is 1. The minimum atomic E-state index is -0.324. The van der Waals surface area contributed by atoms with Gasteiger partial charge in [0.05, 0.1) is 6.42 Å². The lowest BCUT2D eigenvalue weighted by Crippen LogP contribution is -2.08. The van der Waals surface area contributed by atoms with Crippen LogP contribution in [-0.2, 0) is 4.79 Å². The minimum absolute atomic E-state index is 0.233. The van der Waals surface area contributed by atoms with Gasteiger partial charge in [-0.3, -0.25) is 4.79 Å². The van der Waals surface area contributed by atoms with E-state index in [1.54, 1.807) is 6.20 Å². The Morgan fingerprint density at radius 3 is 3.18 bits per heavy atom. The van der Waals surface area contributed by atoms with Crippen LogP contribution in [0, 0.1) is 0 Å². The van der Waals surface area contributed by atoms with Crippen LogP contribution in [0.3, 0.4) is 0 Å². The number of esters is 1. The zero-order chi connectivity index (χ0) is 8.10. The molecule has 60 valence electrons. The summed E-state index contributed by atoms with van der Waals surface area (Å²) in [5.41, 5.74) is 0. The van der Waals surface area contributed by atoms with Gasteiger partial charge in [-0.2, -0.15) is 12.6 Å². The van der Waals surface area contributed by atoms with E-state index in [9.17, 15) is 4.79 Å². The van der Waals surface area contributed by atoms with Crippen LogP contribution in [0.4, 0.5) is 0 Å². The number of aromatic amines is 1. The van der Waals surface area contributed by atoms with Crippen LogP contribution in [0.25, 0.3) is 0 Å². The first-order chi connectivity index (χ1) is 5.33. The number of hydrogen-bond donors (Lipinski definition) is 2. The zero-order valence-corrected chi connectivity index (χ0v) is 6.67. The van der Waals surface area contributed by atoms with Crippen LogP contribution in [0.15, 0.2) is 12.4 Å². The molecule has 0 aliphatic rings. The Labute approximate surface area is 69.4 Å². The smallest absolute Gasteiger partial charge is 0.314 e. The van der Waals surface area contributed by atoms with E-state index < -0.39 is 0 Å². The van der Waals surface area contributed by atoms with Crippen LogP contribution < -0.4 is 4.74 Å². The van der Waals surface area contributed by atoms with Gasteiger partial charge in [0, 0.05) is 18.1 Å². The molecule has 1 N–H and O–H groups in total. The van der Waals surface area contributed by atoms with E-state index in [2.05, 4.69) is 22.6 Å². The first-order valence-corrected chi connectivity index (χ1v) is 3.77. The van der Waals surface area contributed by atoms with E-state index in [1.807, 2.05) is 0 Å². The van der Waals surface area contributed by atoms with Crippen molar-refractivity contribution >= 4 is 18.6 Å². The third-order valence-corrected chi connectivity index (χ3v) is 1.22. The standard InChI is InChI=1S/C6H8N2O2S/c9-5(1-4-11)10-6-7-2-3-8-6/h2-3,11H,1,4H2,(H,7,8). The normalized spacial score (nSPS) is 9.55. The summed E-state index contributed by atoms with van der Waals surface area (Å²) in [4.78, 5) is 17.1. The lowest BCUT2D eigenvalue weighted by molar-refractivity contribution is -0.134. The van der Waals surface area contributed by atoms with E-state index in [1.165, 1.54) is 6.20 Å². The van der Waals surface area contributed by atoms with Crippen molar-refractivity contribution in [2.75, 3.05) is 5.75 Å². The molecule has 1 aromatic heterocycles. The van der Waals surface area contributed by atoms with Gasteiger partial charge in [-0.1, -0.05) is 0 Å². The summed E-state index contributed by atoms with van der Waals surface area (Å²) in [6, 6.07) is 0.233. The maximum Gasteiger partial charge on any atom is 0.314 e. The maximum absolute atomic E-state index is 10.8. The second kappa shape index (κ2) is 4.02. The summed E-state index contributed by atoms with van der Waals surface area (Å²) in [5, 5.41) is 0. The summed E-state index contributed by atoms with van der Waals surface area (Å²) in [7, 11) is 0. The zero-order valence-electron chi connectivity index (χ0n) is 5.78. The largest absolute Gasteiger partial charge is 0.392 e. The predicted molar refractivity (Wildman–Crippen MR) is 42.7 cm³/mol. The van der Waals surface area contributed by atoms with Gasteiger partial charge in [-0.15, -0.1) is 0 Å². The number of ether oxygens (including phenoxy) is 1. The van der Waals surface area contributed by atoms with Gasteiger partial charge in [0.25, 0.3) is 0 Å². The van der Waals surface area contributed by atoms with Crippen molar-refractivity contribution in [3.63, 3.8) is 0 Å². The second-order valence-corrected chi connectivity index (χ2v) is 2.29. The predicted octanol–water partition coefficient (Wildman–Crippen LogP) is 0.635. The Bertz CT molecular complexity index is 222. The SMILES string of the molecule is O=C(CCS)Oc1ncc[nH]1. The molecule has 0 aliphatic heterocycles. The molecule has 0 fully saturated rings. The summed E-state index contributed by atoms with van der Waals surface area (Å²) in [6.07, 6.45) is 3.40. The molecule has 0 aliphatic carbocycles. The lowest BCUT2D eigenvalue weighted by Gasteiger charge is -1.96. The van der Waals surface area contributed by atoms with Crippen molar-refractivity contribution in [1.29, 1.82) is 0 Å². The minimum Gasteiger partial charge on any atom is -0.392 e. The quantitative estimate of drug-likeness (QED) is 0.519. The highest BCUT2D eigenvalue weighted by Crippen LogP contribution is 2.00. The second-order valence-electron chi connectivity index (χ2n) is 1.84. The molecule has 1 rings (SSSR count). The van der Waals surface area contributed by atoms with Gasteiger partial charge in [0.2, 0.25) is 0 Å². The van der Waals surface area contributed by atoms with Crippen LogP contribution in [0.1, 0.15) is 6.42 Å². The Hall–Kier alpha value is -0.970. The first kappa shape index (κ1) is 8.13. The number of nitrogens with zero attached hydrogens (tertiary/aromatic N) is 1. The number of hydrogen-bond acceptors (Lipinski definition) is 4. The van der Waals surface area contributed by atoms with Crippen molar-refractivity contribution in [3.05, 3.63) is 12.4 Å². The van der Waals surface area contributed by atoms with Gasteiger partial charge in [0.1, 0.15) is 0 Å². The number of imidazole rings is 1. The Kier molecular flexibility index (Phi) is 2.97. The molecule has 0 amide bonds. The summed E-state index contributed by atoms with van der Waals surface area (Å²) in [5.74, 6) is 0.162. The molecule has 0 spiro atoms. The Morgan fingerprint density at radius 1 is 1.82 bits per heavy atom. The number of carbonyl (C=O) groups excluding carboxylic acids is 1. The van der Waals surface area contributed by atoms with Gasteiger partial charge < -0.3 is 9.72 Å². The number of rotatable bonds is 3. The number of carbonyl (C=O) groups is 1. The average molecular weight is 172 g/mol. The molecule has 0 saturated heterocycles. The molecule has 0 atom stereocenters. The van der Waals surface area contributed by atoms with E-state index in [0.717, 1.165) is 0 Å². The van der Waals surface area contributed by atoms with Crippen molar-refractivity contribution in [1.82, 2.24) is 9.97 Å². The van der Waals surface area contributed by atoms with Gasteiger partial charge in [-0.05, 0) is 0 Å². The van der Waals surface area contributed by atoms with E-state index in [4.69, 9.17) is 4.74 Å². The molecule has 1 heterocycles. The number of aromatic nitrogens is 2. The van der Waals surface area contributed by atoms with Crippen LogP contribution in [0.2, 0.25) is 0 Å². The molecule has 0 saturated carbocycles. The highest BCUT2D eigenvalue weighted by Gasteiger charge is 2.03. The highest BCUT2D eigenvalue weighted by atomic mass is 32.1. The summed E-state index contributed by atoms with van der Waals surface area (Å²) in [6.45, 7) is 0. The lowest BCUT2D eigenvalue weighted by atomic mass is 10.5. The molecule has 0 aromatic carbocycles. The van der Waals surface area contributed by atoms with Crippen molar-refractivity contribution in [3.8, 4) is 6.01 Å². The van der Waals surface area contributed by atoms with Crippen LogP contribution in [0.5, 0.6) is 6.01 Å². The third-order valence-electron chi connectivity index (χ3n) is 1.000. The molecule has 0 bridgehead atoms. The van der Waals surface area contributed by atoms with Crippen molar-refractivity contribution in [2.24, 2.45) is 0 Å². The molecule has 4 nitrogen and oxygen atoms in total. The molecule has 1 aromatic rings. The Morgan fingerprint density at radius 2 is 2.64 bits per heavy atom. The maximum atomic E-state index is 10.8. The molecule has 0 unspecified atom stereocenters. The van der Waals surface area contributed by atoms with Crippen LogP contribution in [-0.4, -0.2) is 21.7 Å². The number of thiol groups is 1. The molecule has 5 heteroatoms. The fraction of sp³-hybridized carbons (Fsp3) is 0.333. The average Bonchev–Trinajstić information content (AvgIpc) is 2.40. The van der Waals surface area contributed by atoms with E-state index >= 15 is 0 Å². The van der Waals surface area contributed by atoms with Gasteiger partial charge >= 0.3 is 12.0 Å². The summed E-state index contributed by atoms with van der Waals surface area (Å²) >= 11 is 3.88. The van der Waals surface area contributed by atoms with E-state index in [-0.39, 0.29) is 12.0 Å². The van der Waals surface area contributed by atoms with Gasteiger partial charge in [0.15, 0.2) is 0 Å². The van der Waals surface area contributed by atoms with Crippen LogP contribution >= 0.6 is 12.6 Å². The Balaban J connectivity index is 2.37. The molecule has 0 radical (unpaired) electrons. The molecular formula is C6H8N2O2S. The topological polar surface area (TPSA) is 55.0 Å².